The second-order valence-electron chi connectivity index (χ2n) is 4.18. The van der Waals surface area contributed by atoms with E-state index in [1.54, 1.807) is 37.5 Å². The third-order valence-corrected chi connectivity index (χ3v) is 2.62. The van der Waals surface area contributed by atoms with Gasteiger partial charge in [-0.25, -0.2) is 0 Å². The van der Waals surface area contributed by atoms with E-state index in [1.807, 2.05) is 0 Å². The Morgan fingerprint density at radius 3 is 2.90 bits per heavy atom. The van der Waals surface area contributed by atoms with Crippen molar-refractivity contribution in [1.29, 1.82) is 0 Å². The quantitative estimate of drug-likeness (QED) is 0.704. The summed E-state index contributed by atoms with van der Waals surface area (Å²) in [5.74, 6) is -0.446. The zero-order chi connectivity index (χ0) is 14.5. The molecule has 0 saturated carbocycles. The van der Waals surface area contributed by atoms with Gasteiger partial charge in [-0.2, -0.15) is 5.10 Å². The summed E-state index contributed by atoms with van der Waals surface area (Å²) >= 11 is 0. The van der Waals surface area contributed by atoms with Crippen molar-refractivity contribution in [3.05, 3.63) is 42.2 Å². The number of aromatic nitrogens is 2. The number of nitrogen functional groups attached to an aromatic ring is 1. The Labute approximate surface area is 115 Å². The van der Waals surface area contributed by atoms with Gasteiger partial charge < -0.3 is 16.4 Å². The molecular weight excluding hydrogens is 258 g/mol. The minimum absolute atomic E-state index is 0.102. The minimum Gasteiger partial charge on any atom is -0.399 e. The first-order chi connectivity index (χ1) is 9.58. The van der Waals surface area contributed by atoms with E-state index in [2.05, 4.69) is 15.7 Å². The van der Waals surface area contributed by atoms with Crippen LogP contribution in [0.4, 0.5) is 11.4 Å². The summed E-state index contributed by atoms with van der Waals surface area (Å²) in [5.41, 5.74) is 7.12. The number of carbonyl (C=O) groups excluding carboxylic acids is 2. The molecule has 0 aliphatic carbocycles. The molecule has 20 heavy (non-hydrogen) atoms. The Bertz CT molecular complexity index is 635. The second-order valence-corrected chi connectivity index (χ2v) is 4.18. The molecule has 0 saturated heterocycles. The molecule has 0 atom stereocenters. The number of nitrogens with one attached hydrogen (secondary N) is 2. The van der Waals surface area contributed by atoms with Gasteiger partial charge in [0.2, 0.25) is 5.91 Å². The second kappa shape index (κ2) is 5.87. The van der Waals surface area contributed by atoms with E-state index in [9.17, 15) is 9.59 Å². The van der Waals surface area contributed by atoms with Crippen molar-refractivity contribution < 1.29 is 9.59 Å². The molecule has 0 radical (unpaired) electrons. The molecule has 0 fully saturated rings. The average Bonchev–Trinajstić information content (AvgIpc) is 2.85. The highest BCUT2D eigenvalue weighted by Gasteiger charge is 2.08. The molecule has 0 aliphatic heterocycles. The van der Waals surface area contributed by atoms with Crippen LogP contribution in [0.25, 0.3) is 0 Å². The molecule has 7 heteroatoms. The molecule has 0 bridgehead atoms. The van der Waals surface area contributed by atoms with E-state index >= 15 is 0 Å². The van der Waals surface area contributed by atoms with Crippen LogP contribution in [0.15, 0.2) is 36.7 Å². The van der Waals surface area contributed by atoms with Crippen LogP contribution < -0.4 is 16.4 Å². The maximum Gasteiger partial charge on any atom is 0.255 e. The number of amides is 2. The maximum atomic E-state index is 12.0. The van der Waals surface area contributed by atoms with Crippen molar-refractivity contribution in [2.75, 3.05) is 18.1 Å². The topological polar surface area (TPSA) is 102 Å². The van der Waals surface area contributed by atoms with Gasteiger partial charge in [0.05, 0.1) is 11.9 Å². The standard InChI is InChI=1S/C13H15N5O2/c1-15-12(19)8-18-7-11(6-16-18)17-13(20)9-3-2-4-10(14)5-9/h2-7H,8,14H2,1H3,(H,15,19)(H,17,20). The van der Waals surface area contributed by atoms with E-state index in [0.717, 1.165) is 0 Å². The number of nitrogens with zero attached hydrogens (tertiary/aromatic N) is 2. The lowest BCUT2D eigenvalue weighted by Crippen LogP contribution is -2.23. The molecule has 7 nitrogen and oxygen atoms in total. The van der Waals surface area contributed by atoms with E-state index in [4.69, 9.17) is 5.73 Å². The van der Waals surface area contributed by atoms with Gasteiger partial charge in [0.1, 0.15) is 6.54 Å². The van der Waals surface area contributed by atoms with E-state index in [1.165, 1.54) is 10.9 Å². The fraction of sp³-hybridized carbons (Fsp3) is 0.154. The molecule has 0 spiro atoms. The molecule has 4 N–H and O–H groups in total. The lowest BCUT2D eigenvalue weighted by Gasteiger charge is -2.03. The van der Waals surface area contributed by atoms with Gasteiger partial charge >= 0.3 is 0 Å². The van der Waals surface area contributed by atoms with Gasteiger partial charge in [0.25, 0.3) is 5.91 Å². The minimum atomic E-state index is -0.281. The largest absolute Gasteiger partial charge is 0.399 e. The predicted octanol–water partition coefficient (Wildman–Crippen LogP) is 0.464. The van der Waals surface area contributed by atoms with Crippen LogP contribution in [0.2, 0.25) is 0 Å². The third kappa shape index (κ3) is 3.35. The number of hydrogen-bond acceptors (Lipinski definition) is 4. The molecule has 2 aromatic rings. The summed E-state index contributed by atoms with van der Waals surface area (Å²) in [6, 6.07) is 6.67. The first-order valence-electron chi connectivity index (χ1n) is 5.98. The van der Waals surface area contributed by atoms with E-state index in [-0.39, 0.29) is 18.4 Å². The van der Waals surface area contributed by atoms with Crippen molar-refractivity contribution in [3.63, 3.8) is 0 Å². The van der Waals surface area contributed by atoms with Crippen molar-refractivity contribution in [1.82, 2.24) is 15.1 Å². The number of nitrogens with two attached hydrogens (primary N) is 1. The van der Waals surface area contributed by atoms with Crippen LogP contribution in [0.3, 0.4) is 0 Å². The summed E-state index contributed by atoms with van der Waals surface area (Å²) < 4.78 is 1.44. The number of benzene rings is 1. The molecule has 0 unspecified atom stereocenters. The van der Waals surface area contributed by atoms with Gasteiger partial charge in [-0.15, -0.1) is 0 Å². The summed E-state index contributed by atoms with van der Waals surface area (Å²) in [6.45, 7) is 0.102. The number of carbonyl (C=O) groups is 2. The normalized spacial score (nSPS) is 10.1. The van der Waals surface area contributed by atoms with Gasteiger partial charge in [-0.3, -0.25) is 14.3 Å². The van der Waals surface area contributed by atoms with Gasteiger partial charge in [-0.05, 0) is 18.2 Å². The predicted molar refractivity (Wildman–Crippen MR) is 75.1 cm³/mol. The molecular formula is C13H15N5O2. The van der Waals surface area contributed by atoms with Crippen LogP contribution in [0.5, 0.6) is 0 Å². The SMILES string of the molecule is CNC(=O)Cn1cc(NC(=O)c2cccc(N)c2)cn1. The van der Waals surface area contributed by atoms with Crippen LogP contribution in [-0.2, 0) is 11.3 Å². The van der Waals surface area contributed by atoms with Crippen molar-refractivity contribution in [3.8, 4) is 0 Å². The fourth-order valence-electron chi connectivity index (χ4n) is 1.62. The lowest BCUT2D eigenvalue weighted by atomic mass is 10.2. The molecule has 1 aromatic carbocycles. The summed E-state index contributed by atoms with van der Waals surface area (Å²) in [5, 5.41) is 9.17. The first kappa shape index (κ1) is 13.6. The Morgan fingerprint density at radius 2 is 2.20 bits per heavy atom. The third-order valence-electron chi connectivity index (χ3n) is 2.62. The number of anilines is 2. The summed E-state index contributed by atoms with van der Waals surface area (Å²) in [4.78, 5) is 23.2. The molecule has 0 aliphatic rings. The average molecular weight is 273 g/mol. The smallest absolute Gasteiger partial charge is 0.255 e. The summed E-state index contributed by atoms with van der Waals surface area (Å²) in [6.07, 6.45) is 3.06. The molecule has 2 rings (SSSR count). The Kier molecular flexibility index (Phi) is 3.99. The molecule has 2 amide bonds. The van der Waals surface area contributed by atoms with Crippen LogP contribution in [0, 0.1) is 0 Å². The van der Waals surface area contributed by atoms with Gasteiger partial charge in [0.15, 0.2) is 0 Å². The van der Waals surface area contributed by atoms with Gasteiger partial charge in [-0.1, -0.05) is 6.07 Å². The van der Waals surface area contributed by atoms with Crippen molar-refractivity contribution >= 4 is 23.2 Å². The number of rotatable bonds is 4. The van der Waals surface area contributed by atoms with E-state index < -0.39 is 0 Å². The highest BCUT2D eigenvalue weighted by molar-refractivity contribution is 6.04. The zero-order valence-corrected chi connectivity index (χ0v) is 11.0. The fourth-order valence-corrected chi connectivity index (χ4v) is 1.62. The Balaban J connectivity index is 2.03. The zero-order valence-electron chi connectivity index (χ0n) is 11.0. The van der Waals surface area contributed by atoms with Crippen molar-refractivity contribution in [2.45, 2.75) is 6.54 Å². The van der Waals surface area contributed by atoms with Crippen LogP contribution >= 0.6 is 0 Å². The lowest BCUT2D eigenvalue weighted by molar-refractivity contribution is -0.121. The Hall–Kier alpha value is -2.83. The number of hydrogen-bond donors (Lipinski definition) is 3. The van der Waals surface area contributed by atoms with Crippen LogP contribution in [0.1, 0.15) is 10.4 Å². The first-order valence-corrected chi connectivity index (χ1v) is 5.98. The van der Waals surface area contributed by atoms with E-state index in [0.29, 0.717) is 16.9 Å². The van der Waals surface area contributed by atoms with Crippen molar-refractivity contribution in [2.24, 2.45) is 0 Å². The van der Waals surface area contributed by atoms with Crippen LogP contribution in [-0.4, -0.2) is 28.6 Å². The summed E-state index contributed by atoms with van der Waals surface area (Å²) in [7, 11) is 1.55. The molecule has 1 heterocycles. The highest BCUT2D eigenvalue weighted by atomic mass is 16.2. The highest BCUT2D eigenvalue weighted by Crippen LogP contribution is 2.10. The maximum absolute atomic E-state index is 12.0. The monoisotopic (exact) mass is 273 g/mol. The van der Waals surface area contributed by atoms with Gasteiger partial charge in [0, 0.05) is 24.5 Å². The molecule has 1 aromatic heterocycles. The number of likely N-dealkylation sites (N-methyl/N-ethyl adjacent to an activating group) is 1. The Morgan fingerprint density at radius 1 is 1.40 bits per heavy atom. The molecule has 104 valence electrons.